The quantitative estimate of drug-likeness (QED) is 0.800. The smallest absolute Gasteiger partial charge is 0.335 e. The molecule has 0 aliphatic heterocycles. The molecule has 0 saturated heterocycles. The number of aromatic carboxylic acids is 1. The first-order valence-corrected chi connectivity index (χ1v) is 5.87. The van der Waals surface area contributed by atoms with Crippen molar-refractivity contribution in [2.24, 2.45) is 0 Å². The van der Waals surface area contributed by atoms with Crippen LogP contribution in [0.15, 0.2) is 30.6 Å². The Balaban J connectivity index is 2.05. The topological polar surface area (TPSA) is 90.4 Å². The Morgan fingerprint density at radius 2 is 2.32 bits per heavy atom. The van der Waals surface area contributed by atoms with E-state index >= 15 is 0 Å². The van der Waals surface area contributed by atoms with Crippen molar-refractivity contribution in [1.82, 2.24) is 9.78 Å². The van der Waals surface area contributed by atoms with Crippen LogP contribution in [0.1, 0.15) is 22.8 Å². The van der Waals surface area contributed by atoms with Crippen LogP contribution in [0.5, 0.6) is 5.75 Å². The van der Waals surface area contributed by atoms with Crippen molar-refractivity contribution >= 4 is 11.7 Å². The lowest BCUT2D eigenvalue weighted by molar-refractivity contribution is 0.0697. The number of hydrogen-bond acceptors (Lipinski definition) is 4. The summed E-state index contributed by atoms with van der Waals surface area (Å²) < 4.78 is 7.35. The molecule has 0 saturated carbocycles. The molecule has 1 heterocycles. The summed E-state index contributed by atoms with van der Waals surface area (Å²) in [6.45, 7) is 3.15. The van der Waals surface area contributed by atoms with Gasteiger partial charge in [-0.25, -0.2) is 4.79 Å². The first-order chi connectivity index (χ1) is 9.10. The van der Waals surface area contributed by atoms with Crippen LogP contribution >= 0.6 is 0 Å². The van der Waals surface area contributed by atoms with Crippen molar-refractivity contribution in [1.29, 1.82) is 0 Å². The zero-order chi connectivity index (χ0) is 13.8. The molecule has 100 valence electrons. The van der Waals surface area contributed by atoms with Gasteiger partial charge < -0.3 is 15.6 Å². The molecule has 0 aliphatic carbocycles. The third-order valence-electron chi connectivity index (χ3n) is 2.66. The fourth-order valence-electron chi connectivity index (χ4n) is 1.63. The van der Waals surface area contributed by atoms with Crippen LogP contribution in [0.2, 0.25) is 0 Å². The maximum absolute atomic E-state index is 10.8. The molecular formula is C13H15N3O3. The fraction of sp³-hybridized carbons (Fsp3) is 0.231. The van der Waals surface area contributed by atoms with E-state index in [1.54, 1.807) is 16.9 Å². The van der Waals surface area contributed by atoms with Crippen LogP contribution in [0.25, 0.3) is 0 Å². The molecule has 6 nitrogen and oxygen atoms in total. The standard InChI is InChI=1S/C13H15N3O3/c1-2-16-7-9(6-15-16)8-19-12-4-3-10(13(17)18)5-11(12)14/h3-7H,2,8,14H2,1H3,(H,17,18). The van der Waals surface area contributed by atoms with Gasteiger partial charge in [-0.2, -0.15) is 5.10 Å². The molecule has 0 atom stereocenters. The number of nitrogens with two attached hydrogens (primary N) is 1. The number of carbonyl (C=O) groups is 1. The number of ether oxygens (including phenoxy) is 1. The van der Waals surface area contributed by atoms with E-state index in [-0.39, 0.29) is 5.56 Å². The van der Waals surface area contributed by atoms with E-state index < -0.39 is 5.97 Å². The highest BCUT2D eigenvalue weighted by Crippen LogP contribution is 2.23. The molecular weight excluding hydrogens is 246 g/mol. The van der Waals surface area contributed by atoms with E-state index in [0.717, 1.165) is 12.1 Å². The molecule has 0 spiro atoms. The zero-order valence-electron chi connectivity index (χ0n) is 10.5. The normalized spacial score (nSPS) is 10.4. The zero-order valence-corrected chi connectivity index (χ0v) is 10.5. The lowest BCUT2D eigenvalue weighted by atomic mass is 10.2. The first kappa shape index (κ1) is 12.9. The van der Waals surface area contributed by atoms with Crippen molar-refractivity contribution in [3.8, 4) is 5.75 Å². The number of aromatic nitrogens is 2. The van der Waals surface area contributed by atoms with Crippen LogP contribution in [0.4, 0.5) is 5.69 Å². The summed E-state index contributed by atoms with van der Waals surface area (Å²) in [5.74, 6) is -0.545. The molecule has 6 heteroatoms. The van der Waals surface area contributed by atoms with Crippen LogP contribution in [-0.4, -0.2) is 20.9 Å². The van der Waals surface area contributed by atoms with E-state index in [9.17, 15) is 4.79 Å². The number of carboxylic acids is 1. The highest BCUT2D eigenvalue weighted by Gasteiger charge is 2.07. The number of benzene rings is 1. The maximum Gasteiger partial charge on any atom is 0.335 e. The molecule has 1 aromatic carbocycles. The molecule has 1 aromatic heterocycles. The van der Waals surface area contributed by atoms with Gasteiger partial charge in [0, 0.05) is 18.3 Å². The van der Waals surface area contributed by atoms with Crippen molar-refractivity contribution in [2.75, 3.05) is 5.73 Å². The Bertz CT molecular complexity index is 593. The van der Waals surface area contributed by atoms with Gasteiger partial charge in [-0.15, -0.1) is 0 Å². The number of nitrogens with zero attached hydrogens (tertiary/aromatic N) is 2. The van der Waals surface area contributed by atoms with E-state index in [1.165, 1.54) is 12.1 Å². The van der Waals surface area contributed by atoms with Crippen LogP contribution in [0.3, 0.4) is 0 Å². The fourth-order valence-corrected chi connectivity index (χ4v) is 1.63. The summed E-state index contributed by atoms with van der Waals surface area (Å²) >= 11 is 0. The molecule has 0 bridgehead atoms. The first-order valence-electron chi connectivity index (χ1n) is 5.87. The summed E-state index contributed by atoms with van der Waals surface area (Å²) in [7, 11) is 0. The Kier molecular flexibility index (Phi) is 3.70. The van der Waals surface area contributed by atoms with Gasteiger partial charge >= 0.3 is 5.97 Å². The average Bonchev–Trinajstić information content (AvgIpc) is 2.85. The van der Waals surface area contributed by atoms with Crippen LogP contribution < -0.4 is 10.5 Å². The highest BCUT2D eigenvalue weighted by molar-refractivity contribution is 5.89. The lowest BCUT2D eigenvalue weighted by Gasteiger charge is -2.08. The predicted octanol–water partition coefficient (Wildman–Crippen LogP) is 1.76. The van der Waals surface area contributed by atoms with E-state index in [0.29, 0.717) is 18.0 Å². The number of carboxylic acid groups (broad SMARTS) is 1. The summed E-state index contributed by atoms with van der Waals surface area (Å²) in [5, 5.41) is 13.0. The lowest BCUT2D eigenvalue weighted by Crippen LogP contribution is -2.02. The molecule has 19 heavy (non-hydrogen) atoms. The predicted molar refractivity (Wildman–Crippen MR) is 70.0 cm³/mol. The summed E-state index contributed by atoms with van der Waals surface area (Å²) in [5.41, 5.74) is 7.13. The second-order valence-corrected chi connectivity index (χ2v) is 4.05. The molecule has 0 radical (unpaired) electrons. The van der Waals surface area contributed by atoms with Crippen LogP contribution in [-0.2, 0) is 13.2 Å². The van der Waals surface area contributed by atoms with Crippen molar-refractivity contribution in [3.63, 3.8) is 0 Å². The average molecular weight is 261 g/mol. The SMILES string of the molecule is CCn1cc(COc2ccc(C(=O)O)cc2N)cn1. The Hall–Kier alpha value is -2.50. The minimum Gasteiger partial charge on any atom is -0.487 e. The van der Waals surface area contributed by atoms with Gasteiger partial charge in [0.05, 0.1) is 17.4 Å². The molecule has 0 fully saturated rings. The molecule has 0 unspecified atom stereocenters. The van der Waals surface area contributed by atoms with E-state index in [1.807, 2.05) is 13.1 Å². The van der Waals surface area contributed by atoms with Gasteiger partial charge in [-0.05, 0) is 25.1 Å². The highest BCUT2D eigenvalue weighted by atomic mass is 16.5. The Morgan fingerprint density at radius 3 is 2.89 bits per heavy atom. The number of aryl methyl sites for hydroxylation is 1. The molecule has 3 N–H and O–H groups in total. The summed E-state index contributed by atoms with van der Waals surface area (Å²) in [6.07, 6.45) is 3.62. The van der Waals surface area contributed by atoms with Gasteiger partial charge in [-0.3, -0.25) is 4.68 Å². The van der Waals surface area contributed by atoms with Gasteiger partial charge in [0.2, 0.25) is 0 Å². The number of hydrogen-bond donors (Lipinski definition) is 2. The van der Waals surface area contributed by atoms with Crippen molar-refractivity contribution in [2.45, 2.75) is 20.1 Å². The minimum atomic E-state index is -1.01. The van der Waals surface area contributed by atoms with Crippen molar-refractivity contribution < 1.29 is 14.6 Å². The van der Waals surface area contributed by atoms with Crippen molar-refractivity contribution in [3.05, 3.63) is 41.7 Å². The van der Waals surface area contributed by atoms with E-state index in [4.69, 9.17) is 15.6 Å². The molecule has 0 amide bonds. The summed E-state index contributed by atoms with van der Waals surface area (Å²) in [4.78, 5) is 10.8. The van der Waals surface area contributed by atoms with Gasteiger partial charge in [0.15, 0.2) is 0 Å². The third kappa shape index (κ3) is 3.04. The maximum atomic E-state index is 10.8. The Labute approximate surface area is 110 Å². The van der Waals surface area contributed by atoms with Crippen LogP contribution in [0, 0.1) is 0 Å². The second kappa shape index (κ2) is 5.43. The van der Waals surface area contributed by atoms with Gasteiger partial charge in [-0.1, -0.05) is 0 Å². The molecule has 0 aliphatic rings. The van der Waals surface area contributed by atoms with Gasteiger partial charge in [0.25, 0.3) is 0 Å². The van der Waals surface area contributed by atoms with E-state index in [2.05, 4.69) is 5.10 Å². The largest absolute Gasteiger partial charge is 0.487 e. The number of anilines is 1. The number of rotatable bonds is 5. The Morgan fingerprint density at radius 1 is 1.53 bits per heavy atom. The summed E-state index contributed by atoms with van der Waals surface area (Å²) in [6, 6.07) is 4.40. The molecule has 2 rings (SSSR count). The third-order valence-corrected chi connectivity index (χ3v) is 2.66. The minimum absolute atomic E-state index is 0.142. The molecule has 2 aromatic rings. The second-order valence-electron chi connectivity index (χ2n) is 4.05. The monoisotopic (exact) mass is 261 g/mol. The number of nitrogen functional groups attached to an aromatic ring is 1. The van der Waals surface area contributed by atoms with Gasteiger partial charge in [0.1, 0.15) is 12.4 Å².